The van der Waals surface area contributed by atoms with Crippen LogP contribution in [-0.2, 0) is 0 Å². The fraction of sp³-hybridized carbons (Fsp3) is 1.00. The summed E-state index contributed by atoms with van der Waals surface area (Å²) in [6, 6.07) is 0.951. The van der Waals surface area contributed by atoms with Gasteiger partial charge in [-0.1, -0.05) is 47.5 Å². The number of hydrogen-bond donors (Lipinski definition) is 1. The average molecular weight is 240 g/mol. The van der Waals surface area contributed by atoms with Crippen LogP contribution >= 0.6 is 0 Å². The molecular formula is C15H32N2. The number of nitrogens with two attached hydrogens (primary N) is 1. The molecule has 0 aliphatic heterocycles. The first-order valence-corrected chi connectivity index (χ1v) is 7.45. The second kappa shape index (κ2) is 6.19. The molecule has 0 aromatic heterocycles. The van der Waals surface area contributed by atoms with Crippen LogP contribution in [0, 0.1) is 11.3 Å². The molecule has 0 aromatic carbocycles. The number of rotatable bonds is 6. The second-order valence-electron chi connectivity index (χ2n) is 6.39. The Morgan fingerprint density at radius 2 is 1.82 bits per heavy atom. The molecule has 0 bridgehead atoms. The zero-order valence-electron chi connectivity index (χ0n) is 12.5. The Morgan fingerprint density at radius 1 is 1.24 bits per heavy atom. The van der Waals surface area contributed by atoms with Crippen LogP contribution in [0.5, 0.6) is 0 Å². The molecule has 2 heteroatoms. The Labute approximate surface area is 108 Å². The van der Waals surface area contributed by atoms with Crippen molar-refractivity contribution < 1.29 is 0 Å². The fourth-order valence-electron chi connectivity index (χ4n) is 3.17. The molecule has 1 rings (SSSR count). The van der Waals surface area contributed by atoms with Crippen molar-refractivity contribution in [1.82, 2.24) is 4.90 Å². The third-order valence-electron chi connectivity index (χ3n) is 4.92. The van der Waals surface area contributed by atoms with Crippen LogP contribution in [0.3, 0.4) is 0 Å². The number of likely N-dealkylation sites (N-methyl/N-ethyl adjacent to an activating group) is 1. The third-order valence-corrected chi connectivity index (χ3v) is 4.92. The molecular weight excluding hydrogens is 208 g/mol. The molecule has 2 unspecified atom stereocenters. The van der Waals surface area contributed by atoms with Crippen LogP contribution in [0.1, 0.15) is 60.3 Å². The maximum absolute atomic E-state index is 6.45. The van der Waals surface area contributed by atoms with Crippen molar-refractivity contribution in [3.05, 3.63) is 0 Å². The minimum Gasteiger partial charge on any atom is -0.326 e. The molecule has 0 spiro atoms. The molecule has 0 saturated heterocycles. The smallest absolute Gasteiger partial charge is 0.0252 e. The summed E-state index contributed by atoms with van der Waals surface area (Å²) in [5.74, 6) is 0.839. The van der Waals surface area contributed by atoms with Gasteiger partial charge in [0.1, 0.15) is 0 Å². The van der Waals surface area contributed by atoms with E-state index in [1.54, 1.807) is 0 Å². The van der Waals surface area contributed by atoms with Crippen LogP contribution in [0.4, 0.5) is 0 Å². The summed E-state index contributed by atoms with van der Waals surface area (Å²) in [4.78, 5) is 2.64. The van der Waals surface area contributed by atoms with Crippen LogP contribution in [0.25, 0.3) is 0 Å². The first kappa shape index (κ1) is 15.0. The first-order chi connectivity index (χ1) is 7.96. The number of hydrogen-bond acceptors (Lipinski definition) is 2. The fourth-order valence-corrected chi connectivity index (χ4v) is 3.17. The van der Waals surface area contributed by atoms with Crippen molar-refractivity contribution in [1.29, 1.82) is 0 Å². The lowest BCUT2D eigenvalue weighted by Gasteiger charge is -2.36. The Bertz CT molecular complexity index is 221. The highest BCUT2D eigenvalue weighted by molar-refractivity contribution is 4.99. The van der Waals surface area contributed by atoms with E-state index in [-0.39, 0.29) is 0 Å². The molecule has 0 radical (unpaired) electrons. The predicted octanol–water partition coefficient (Wildman–Crippen LogP) is 3.26. The van der Waals surface area contributed by atoms with Gasteiger partial charge in [-0.15, -0.1) is 0 Å². The lowest BCUT2D eigenvalue weighted by atomic mass is 9.87. The average Bonchev–Trinajstić information content (AvgIpc) is 2.57. The topological polar surface area (TPSA) is 29.3 Å². The predicted molar refractivity (Wildman–Crippen MR) is 76.1 cm³/mol. The van der Waals surface area contributed by atoms with Crippen molar-refractivity contribution in [3.8, 4) is 0 Å². The van der Waals surface area contributed by atoms with Crippen LogP contribution in [0.2, 0.25) is 0 Å². The zero-order chi connectivity index (χ0) is 13.1. The van der Waals surface area contributed by atoms with Gasteiger partial charge >= 0.3 is 0 Å². The molecule has 2 atom stereocenters. The molecule has 2 N–H and O–H groups in total. The van der Waals surface area contributed by atoms with E-state index in [0.29, 0.717) is 17.5 Å². The van der Waals surface area contributed by atoms with Crippen molar-refractivity contribution in [2.24, 2.45) is 17.1 Å². The summed E-state index contributed by atoms with van der Waals surface area (Å²) in [5, 5.41) is 0. The van der Waals surface area contributed by atoms with Gasteiger partial charge in [-0.25, -0.2) is 0 Å². The highest BCUT2D eigenvalue weighted by Crippen LogP contribution is 2.38. The largest absolute Gasteiger partial charge is 0.326 e. The second-order valence-corrected chi connectivity index (χ2v) is 6.39. The summed E-state index contributed by atoms with van der Waals surface area (Å²) in [6.07, 6.45) is 5.14. The van der Waals surface area contributed by atoms with E-state index < -0.39 is 0 Å². The van der Waals surface area contributed by atoms with Gasteiger partial charge in [0, 0.05) is 18.6 Å². The Kier molecular flexibility index (Phi) is 5.46. The van der Waals surface area contributed by atoms with E-state index in [1.165, 1.54) is 32.2 Å². The van der Waals surface area contributed by atoms with Crippen molar-refractivity contribution in [2.45, 2.75) is 72.4 Å². The Balaban J connectivity index is 2.62. The minimum atomic E-state index is 0.325. The van der Waals surface area contributed by atoms with Crippen molar-refractivity contribution in [2.75, 3.05) is 13.1 Å². The van der Waals surface area contributed by atoms with Gasteiger partial charge in [0.05, 0.1) is 0 Å². The van der Waals surface area contributed by atoms with Gasteiger partial charge in [0.2, 0.25) is 0 Å². The molecule has 1 aliphatic carbocycles. The van der Waals surface area contributed by atoms with Gasteiger partial charge in [-0.3, -0.25) is 4.90 Å². The van der Waals surface area contributed by atoms with Gasteiger partial charge in [-0.2, -0.15) is 0 Å². The SMILES string of the molecule is CCC(CC)CN(CC)C1CCC(C)(C)C1N. The summed E-state index contributed by atoms with van der Waals surface area (Å²) >= 11 is 0. The lowest BCUT2D eigenvalue weighted by molar-refractivity contribution is 0.145. The summed E-state index contributed by atoms with van der Waals surface area (Å²) < 4.78 is 0. The van der Waals surface area contributed by atoms with Crippen LogP contribution in [0.15, 0.2) is 0 Å². The lowest BCUT2D eigenvalue weighted by Crippen LogP contribution is -2.50. The van der Waals surface area contributed by atoms with E-state index in [2.05, 4.69) is 39.5 Å². The van der Waals surface area contributed by atoms with E-state index >= 15 is 0 Å². The molecule has 1 aliphatic rings. The molecule has 1 fully saturated rings. The molecule has 2 nitrogen and oxygen atoms in total. The molecule has 102 valence electrons. The van der Waals surface area contributed by atoms with Gasteiger partial charge in [0.25, 0.3) is 0 Å². The first-order valence-electron chi connectivity index (χ1n) is 7.45. The van der Waals surface area contributed by atoms with Crippen molar-refractivity contribution in [3.63, 3.8) is 0 Å². The highest BCUT2D eigenvalue weighted by Gasteiger charge is 2.41. The summed E-state index contributed by atoms with van der Waals surface area (Å²) in [7, 11) is 0. The van der Waals surface area contributed by atoms with Gasteiger partial charge < -0.3 is 5.73 Å². The maximum Gasteiger partial charge on any atom is 0.0252 e. The van der Waals surface area contributed by atoms with Gasteiger partial charge in [-0.05, 0) is 30.7 Å². The number of nitrogens with zero attached hydrogens (tertiary/aromatic N) is 1. The van der Waals surface area contributed by atoms with Gasteiger partial charge in [0.15, 0.2) is 0 Å². The Hall–Kier alpha value is -0.0800. The minimum absolute atomic E-state index is 0.325. The molecule has 0 heterocycles. The van der Waals surface area contributed by atoms with E-state index in [0.717, 1.165) is 12.5 Å². The van der Waals surface area contributed by atoms with E-state index in [1.807, 2.05) is 0 Å². The maximum atomic E-state index is 6.45. The third kappa shape index (κ3) is 3.45. The quantitative estimate of drug-likeness (QED) is 0.772. The molecule has 17 heavy (non-hydrogen) atoms. The van der Waals surface area contributed by atoms with Crippen LogP contribution < -0.4 is 5.73 Å². The summed E-state index contributed by atoms with van der Waals surface area (Å²) in [6.45, 7) is 13.9. The van der Waals surface area contributed by atoms with E-state index in [4.69, 9.17) is 5.73 Å². The molecule has 0 aromatic rings. The molecule has 0 amide bonds. The van der Waals surface area contributed by atoms with E-state index in [9.17, 15) is 0 Å². The zero-order valence-corrected chi connectivity index (χ0v) is 12.5. The van der Waals surface area contributed by atoms with Crippen LogP contribution in [-0.4, -0.2) is 30.1 Å². The summed E-state index contributed by atoms with van der Waals surface area (Å²) in [5.41, 5.74) is 6.78. The normalized spacial score (nSPS) is 28.2. The standard InChI is InChI=1S/C15H32N2/c1-6-12(7-2)11-17(8-3)13-9-10-15(4,5)14(13)16/h12-14H,6-11,16H2,1-5H3. The monoisotopic (exact) mass is 240 g/mol. The molecule has 1 saturated carbocycles. The Morgan fingerprint density at radius 3 is 2.18 bits per heavy atom. The van der Waals surface area contributed by atoms with Crippen molar-refractivity contribution >= 4 is 0 Å². The highest BCUT2D eigenvalue weighted by atomic mass is 15.2.